The molecule has 21 heavy (non-hydrogen) atoms. The summed E-state index contributed by atoms with van der Waals surface area (Å²) in [6, 6.07) is 6.89. The molecule has 0 aliphatic rings. The molecule has 1 aromatic carbocycles. The molecule has 0 aromatic heterocycles. The molecule has 0 aliphatic carbocycles. The van der Waals surface area contributed by atoms with Gasteiger partial charge < -0.3 is 16.4 Å². The van der Waals surface area contributed by atoms with Gasteiger partial charge in [0.15, 0.2) is 0 Å². The molecule has 0 saturated carbocycles. The lowest BCUT2D eigenvalue weighted by molar-refractivity contribution is -0.122. The molecule has 0 bridgehead atoms. The largest absolute Gasteiger partial charge is 0.351 e. The fourth-order valence-electron chi connectivity index (χ4n) is 1.56. The molecular weight excluding hydrogens is 290 g/mol. The van der Waals surface area contributed by atoms with Gasteiger partial charge >= 0.3 is 0 Å². The van der Waals surface area contributed by atoms with Crippen molar-refractivity contribution < 1.29 is 9.59 Å². The van der Waals surface area contributed by atoms with E-state index in [1.807, 2.05) is 38.1 Å². The number of anilines is 1. The van der Waals surface area contributed by atoms with Crippen LogP contribution in [0.25, 0.3) is 0 Å². The second-order valence-electron chi connectivity index (χ2n) is 5.01. The van der Waals surface area contributed by atoms with E-state index in [0.717, 1.165) is 17.7 Å². The van der Waals surface area contributed by atoms with E-state index in [1.54, 1.807) is 6.92 Å². The molecular formula is C15H24ClN3O2. The minimum Gasteiger partial charge on any atom is -0.351 e. The summed E-state index contributed by atoms with van der Waals surface area (Å²) in [5.74, 6) is -0.209. The number of benzene rings is 1. The molecule has 4 N–H and O–H groups in total. The standard InChI is InChI=1S/C15H23N3O2.ClH/c1-4-10(2)14(19)18-13-7-5-6-12(8-13)9-17-15(20)11(3)16;/h5-8,10-11H,4,9,16H2,1-3H3,(H,17,20)(H,18,19);1H/t10?,11-;/m0./s1. The molecule has 118 valence electrons. The molecule has 1 rings (SSSR count). The van der Waals surface area contributed by atoms with Gasteiger partial charge in [-0.2, -0.15) is 0 Å². The molecule has 1 unspecified atom stereocenters. The number of halogens is 1. The van der Waals surface area contributed by atoms with Crippen LogP contribution in [0.15, 0.2) is 24.3 Å². The quantitative estimate of drug-likeness (QED) is 0.751. The van der Waals surface area contributed by atoms with Crippen LogP contribution in [0, 0.1) is 5.92 Å². The van der Waals surface area contributed by atoms with Gasteiger partial charge in [-0.25, -0.2) is 0 Å². The first-order chi connectivity index (χ1) is 9.43. The van der Waals surface area contributed by atoms with Crippen LogP contribution in [-0.2, 0) is 16.1 Å². The SMILES string of the molecule is CCC(C)C(=O)Nc1cccc(CNC(=O)[C@H](C)N)c1.Cl. The highest BCUT2D eigenvalue weighted by atomic mass is 35.5. The number of nitrogens with two attached hydrogens (primary N) is 1. The number of rotatable bonds is 6. The number of hydrogen-bond acceptors (Lipinski definition) is 3. The van der Waals surface area contributed by atoms with Gasteiger partial charge in [0, 0.05) is 18.2 Å². The third-order valence-electron chi connectivity index (χ3n) is 3.13. The molecule has 0 spiro atoms. The highest BCUT2D eigenvalue weighted by molar-refractivity contribution is 5.92. The van der Waals surface area contributed by atoms with Gasteiger partial charge in [0.1, 0.15) is 0 Å². The zero-order chi connectivity index (χ0) is 15.1. The van der Waals surface area contributed by atoms with Crippen LogP contribution < -0.4 is 16.4 Å². The predicted octanol–water partition coefficient (Wildman–Crippen LogP) is 2.06. The van der Waals surface area contributed by atoms with Crippen LogP contribution >= 0.6 is 12.4 Å². The van der Waals surface area contributed by atoms with Gasteiger partial charge in [-0.1, -0.05) is 26.0 Å². The van der Waals surface area contributed by atoms with Crippen molar-refractivity contribution in [3.05, 3.63) is 29.8 Å². The van der Waals surface area contributed by atoms with Crippen molar-refractivity contribution in [1.29, 1.82) is 0 Å². The van der Waals surface area contributed by atoms with Crippen LogP contribution in [0.3, 0.4) is 0 Å². The second-order valence-corrected chi connectivity index (χ2v) is 5.01. The summed E-state index contributed by atoms with van der Waals surface area (Å²) < 4.78 is 0. The van der Waals surface area contributed by atoms with Crippen molar-refractivity contribution in [2.24, 2.45) is 11.7 Å². The Morgan fingerprint density at radius 1 is 1.24 bits per heavy atom. The van der Waals surface area contributed by atoms with Crippen LogP contribution in [0.4, 0.5) is 5.69 Å². The fraction of sp³-hybridized carbons (Fsp3) is 0.467. The van der Waals surface area contributed by atoms with Crippen LogP contribution in [0.2, 0.25) is 0 Å². The molecule has 0 heterocycles. The summed E-state index contributed by atoms with van der Waals surface area (Å²) in [5.41, 5.74) is 7.13. The van der Waals surface area contributed by atoms with Crippen molar-refractivity contribution in [2.45, 2.75) is 39.8 Å². The number of amides is 2. The maximum Gasteiger partial charge on any atom is 0.236 e. The van der Waals surface area contributed by atoms with E-state index in [-0.39, 0.29) is 30.1 Å². The Balaban J connectivity index is 0.00000400. The maximum atomic E-state index is 11.8. The second kappa shape index (κ2) is 9.37. The molecule has 0 fully saturated rings. The molecule has 1 aromatic rings. The Morgan fingerprint density at radius 2 is 1.90 bits per heavy atom. The van der Waals surface area contributed by atoms with Gasteiger partial charge in [0.2, 0.25) is 11.8 Å². The number of nitrogens with one attached hydrogen (secondary N) is 2. The highest BCUT2D eigenvalue weighted by Crippen LogP contribution is 2.13. The number of hydrogen-bond donors (Lipinski definition) is 3. The Bertz CT molecular complexity index is 478. The van der Waals surface area contributed by atoms with Gasteiger partial charge in [-0.15, -0.1) is 12.4 Å². The van der Waals surface area contributed by atoms with E-state index in [0.29, 0.717) is 6.54 Å². The molecule has 0 saturated heterocycles. The molecule has 0 aliphatic heterocycles. The summed E-state index contributed by atoms with van der Waals surface area (Å²) in [6.45, 7) is 5.90. The van der Waals surface area contributed by atoms with E-state index in [2.05, 4.69) is 10.6 Å². The Hall–Kier alpha value is -1.59. The van der Waals surface area contributed by atoms with Crippen LogP contribution in [0.1, 0.15) is 32.8 Å². The molecule has 2 amide bonds. The minimum absolute atomic E-state index is 0. The van der Waals surface area contributed by atoms with Crippen molar-refractivity contribution in [3.63, 3.8) is 0 Å². The topological polar surface area (TPSA) is 84.2 Å². The summed E-state index contributed by atoms with van der Waals surface area (Å²) in [5, 5.41) is 5.60. The summed E-state index contributed by atoms with van der Waals surface area (Å²) >= 11 is 0. The van der Waals surface area contributed by atoms with Crippen molar-refractivity contribution in [2.75, 3.05) is 5.32 Å². The summed E-state index contributed by atoms with van der Waals surface area (Å²) in [6.07, 6.45) is 0.802. The lowest BCUT2D eigenvalue weighted by Crippen LogP contribution is -2.37. The van der Waals surface area contributed by atoms with Crippen LogP contribution in [0.5, 0.6) is 0 Å². The van der Waals surface area contributed by atoms with E-state index in [1.165, 1.54) is 0 Å². The first-order valence-electron chi connectivity index (χ1n) is 6.87. The zero-order valence-corrected chi connectivity index (χ0v) is 13.5. The monoisotopic (exact) mass is 313 g/mol. The Morgan fingerprint density at radius 3 is 2.48 bits per heavy atom. The lowest BCUT2D eigenvalue weighted by atomic mass is 10.1. The summed E-state index contributed by atoms with van der Waals surface area (Å²) in [7, 11) is 0. The predicted molar refractivity (Wildman–Crippen MR) is 87.3 cm³/mol. The van der Waals surface area contributed by atoms with E-state index < -0.39 is 6.04 Å². The van der Waals surface area contributed by atoms with Gasteiger partial charge in [0.25, 0.3) is 0 Å². The number of carbonyl (C=O) groups excluding carboxylic acids is 2. The number of carbonyl (C=O) groups is 2. The average Bonchev–Trinajstić information content (AvgIpc) is 2.43. The summed E-state index contributed by atoms with van der Waals surface area (Å²) in [4.78, 5) is 23.2. The Kier molecular flexibility index (Phi) is 8.66. The molecule has 0 radical (unpaired) electrons. The van der Waals surface area contributed by atoms with Gasteiger partial charge in [-0.3, -0.25) is 9.59 Å². The minimum atomic E-state index is -0.525. The first kappa shape index (κ1) is 19.4. The smallest absolute Gasteiger partial charge is 0.236 e. The molecule has 5 nitrogen and oxygen atoms in total. The first-order valence-corrected chi connectivity index (χ1v) is 6.87. The fourth-order valence-corrected chi connectivity index (χ4v) is 1.56. The maximum absolute atomic E-state index is 11.8. The van der Waals surface area contributed by atoms with E-state index in [4.69, 9.17) is 5.73 Å². The van der Waals surface area contributed by atoms with Crippen molar-refractivity contribution >= 4 is 29.9 Å². The highest BCUT2D eigenvalue weighted by Gasteiger charge is 2.11. The van der Waals surface area contributed by atoms with Crippen molar-refractivity contribution in [1.82, 2.24) is 5.32 Å². The van der Waals surface area contributed by atoms with Gasteiger partial charge in [-0.05, 0) is 31.0 Å². The van der Waals surface area contributed by atoms with Crippen LogP contribution in [-0.4, -0.2) is 17.9 Å². The zero-order valence-electron chi connectivity index (χ0n) is 12.7. The molecule has 2 atom stereocenters. The third kappa shape index (κ3) is 6.60. The van der Waals surface area contributed by atoms with Gasteiger partial charge in [0.05, 0.1) is 6.04 Å². The normalized spacial score (nSPS) is 12.8. The molecule has 6 heteroatoms. The van der Waals surface area contributed by atoms with E-state index >= 15 is 0 Å². The lowest BCUT2D eigenvalue weighted by Gasteiger charge is -2.12. The average molecular weight is 314 g/mol. The van der Waals surface area contributed by atoms with E-state index in [9.17, 15) is 9.59 Å². The Labute approximate surface area is 132 Å². The third-order valence-corrected chi connectivity index (χ3v) is 3.13. The van der Waals surface area contributed by atoms with Crippen molar-refractivity contribution in [3.8, 4) is 0 Å².